The van der Waals surface area contributed by atoms with Gasteiger partial charge in [0.2, 0.25) is 10.0 Å². The molecule has 4 nitrogen and oxygen atoms in total. The molecule has 0 aliphatic carbocycles. The van der Waals surface area contributed by atoms with Gasteiger partial charge in [0.05, 0.1) is 4.90 Å². The van der Waals surface area contributed by atoms with E-state index in [1.165, 1.54) is 10.4 Å². The maximum atomic E-state index is 13.0. The topological polar surface area (TPSA) is 57.6 Å². The quantitative estimate of drug-likeness (QED) is 0.687. The number of rotatable bonds is 9. The Hall–Kier alpha value is -1.40. The molecule has 2 aromatic carbocycles. The van der Waals surface area contributed by atoms with Crippen molar-refractivity contribution >= 4 is 21.6 Å². The normalized spacial score (nSPS) is 11.8. The second-order valence-electron chi connectivity index (χ2n) is 5.57. The summed E-state index contributed by atoms with van der Waals surface area (Å²) >= 11 is 5.95. The van der Waals surface area contributed by atoms with Crippen molar-refractivity contribution in [3.8, 4) is 0 Å². The van der Waals surface area contributed by atoms with E-state index < -0.39 is 10.0 Å². The van der Waals surface area contributed by atoms with Crippen molar-refractivity contribution in [2.45, 2.75) is 30.7 Å². The van der Waals surface area contributed by atoms with E-state index in [1.54, 1.807) is 18.2 Å². The van der Waals surface area contributed by atoms with Gasteiger partial charge in [-0.25, -0.2) is 8.42 Å². The maximum absolute atomic E-state index is 13.0. The molecule has 24 heavy (non-hydrogen) atoms. The van der Waals surface area contributed by atoms with Gasteiger partial charge in [0.1, 0.15) is 0 Å². The molecule has 0 atom stereocenters. The number of aliphatic hydroxyl groups excluding tert-OH is 1. The Bertz CT molecular complexity index is 735. The molecule has 2 rings (SSSR count). The van der Waals surface area contributed by atoms with Crippen LogP contribution in [0.5, 0.6) is 0 Å². The number of hydrogen-bond acceptors (Lipinski definition) is 3. The highest BCUT2D eigenvalue weighted by Gasteiger charge is 2.24. The molecule has 0 unspecified atom stereocenters. The summed E-state index contributed by atoms with van der Waals surface area (Å²) in [5, 5.41) is 9.29. The number of hydrogen-bond donors (Lipinski definition) is 1. The highest BCUT2D eigenvalue weighted by atomic mass is 35.5. The van der Waals surface area contributed by atoms with Gasteiger partial charge in [-0.2, -0.15) is 4.31 Å². The first-order valence-electron chi connectivity index (χ1n) is 7.94. The molecule has 0 spiro atoms. The van der Waals surface area contributed by atoms with Gasteiger partial charge in [0.25, 0.3) is 0 Å². The summed E-state index contributed by atoms with van der Waals surface area (Å²) in [7, 11) is -3.62. The van der Waals surface area contributed by atoms with Crippen LogP contribution in [0.1, 0.15) is 24.8 Å². The molecular formula is C18H22ClNO3S. The van der Waals surface area contributed by atoms with Gasteiger partial charge in [0.15, 0.2) is 0 Å². The Labute approximate surface area is 148 Å². The van der Waals surface area contributed by atoms with Crippen molar-refractivity contribution in [2.75, 3.05) is 13.2 Å². The van der Waals surface area contributed by atoms with Crippen molar-refractivity contribution in [3.05, 3.63) is 65.2 Å². The minimum absolute atomic E-state index is 0.125. The standard InChI is InChI=1S/C18H22ClNO3S/c19-17-10-7-11-18(14-17)24(22,23)20(12-5-2-6-13-21)15-16-8-3-1-4-9-16/h1,3-4,7-11,14,21H,2,5-6,12-13,15H2. The molecule has 0 fully saturated rings. The van der Waals surface area contributed by atoms with Crippen molar-refractivity contribution < 1.29 is 13.5 Å². The molecule has 130 valence electrons. The molecule has 0 bridgehead atoms. The molecule has 0 aliphatic rings. The number of unbranched alkanes of at least 4 members (excludes halogenated alkanes) is 2. The molecule has 1 N–H and O–H groups in total. The van der Waals surface area contributed by atoms with E-state index in [0.717, 1.165) is 12.0 Å². The van der Waals surface area contributed by atoms with E-state index >= 15 is 0 Å². The zero-order valence-corrected chi connectivity index (χ0v) is 15.0. The Kier molecular flexibility index (Phi) is 7.24. The largest absolute Gasteiger partial charge is 0.396 e. The summed E-state index contributed by atoms with van der Waals surface area (Å²) < 4.78 is 27.4. The summed E-state index contributed by atoms with van der Waals surface area (Å²) in [6, 6.07) is 15.8. The second kappa shape index (κ2) is 9.18. The minimum Gasteiger partial charge on any atom is -0.396 e. The molecule has 6 heteroatoms. The van der Waals surface area contributed by atoms with Crippen LogP contribution < -0.4 is 0 Å². The SMILES string of the molecule is O=S(=O)(c1cccc(Cl)c1)N(CCCCCO)Cc1ccccc1. The molecule has 0 saturated carbocycles. The molecule has 0 saturated heterocycles. The summed E-state index contributed by atoms with van der Waals surface area (Å²) in [5.41, 5.74) is 0.935. The lowest BCUT2D eigenvalue weighted by molar-refractivity contribution is 0.279. The van der Waals surface area contributed by atoms with Crippen LogP contribution in [-0.2, 0) is 16.6 Å². The van der Waals surface area contributed by atoms with E-state index in [9.17, 15) is 8.42 Å². The number of halogens is 1. The minimum atomic E-state index is -3.62. The van der Waals surface area contributed by atoms with Gasteiger partial charge < -0.3 is 5.11 Å². The van der Waals surface area contributed by atoms with Gasteiger partial charge in [0, 0.05) is 24.7 Å². The van der Waals surface area contributed by atoms with Crippen LogP contribution in [0.3, 0.4) is 0 Å². The summed E-state index contributed by atoms with van der Waals surface area (Å²) in [6.45, 7) is 0.846. The number of sulfonamides is 1. The Balaban J connectivity index is 2.22. The maximum Gasteiger partial charge on any atom is 0.243 e. The first-order valence-corrected chi connectivity index (χ1v) is 9.76. The van der Waals surface area contributed by atoms with Crippen LogP contribution in [-0.4, -0.2) is 31.0 Å². The number of nitrogens with zero attached hydrogens (tertiary/aromatic N) is 1. The van der Waals surface area contributed by atoms with E-state index in [1.807, 2.05) is 30.3 Å². The lowest BCUT2D eigenvalue weighted by atomic mass is 10.2. The van der Waals surface area contributed by atoms with Crippen molar-refractivity contribution in [2.24, 2.45) is 0 Å². The molecule has 0 aliphatic heterocycles. The van der Waals surface area contributed by atoms with Crippen molar-refractivity contribution in [1.29, 1.82) is 0 Å². The summed E-state index contributed by atoms with van der Waals surface area (Å²) in [6.07, 6.45) is 2.16. The predicted octanol–water partition coefficient (Wildman–Crippen LogP) is 3.69. The third-order valence-electron chi connectivity index (χ3n) is 3.70. The van der Waals surface area contributed by atoms with Crippen molar-refractivity contribution in [3.63, 3.8) is 0 Å². The second-order valence-corrected chi connectivity index (χ2v) is 7.94. The fourth-order valence-electron chi connectivity index (χ4n) is 2.42. The molecule has 0 heterocycles. The third-order valence-corrected chi connectivity index (χ3v) is 5.78. The Morgan fingerprint density at radius 1 is 0.958 bits per heavy atom. The molecule has 2 aromatic rings. The first-order chi connectivity index (χ1) is 11.5. The molecule has 0 aromatic heterocycles. The van der Waals surface area contributed by atoms with E-state index in [4.69, 9.17) is 16.7 Å². The van der Waals surface area contributed by atoms with Gasteiger partial charge in [-0.1, -0.05) is 48.0 Å². The van der Waals surface area contributed by atoms with Crippen molar-refractivity contribution in [1.82, 2.24) is 4.31 Å². The van der Waals surface area contributed by atoms with Gasteiger partial charge >= 0.3 is 0 Å². The van der Waals surface area contributed by atoms with Gasteiger partial charge in [-0.05, 0) is 43.0 Å². The molecule has 0 radical (unpaired) electrons. The Morgan fingerprint density at radius 2 is 1.71 bits per heavy atom. The van der Waals surface area contributed by atoms with Crippen LogP contribution in [0, 0.1) is 0 Å². The highest BCUT2D eigenvalue weighted by Crippen LogP contribution is 2.22. The van der Waals surface area contributed by atoms with Crippen LogP contribution in [0.15, 0.2) is 59.5 Å². The average molecular weight is 368 g/mol. The third kappa shape index (κ3) is 5.31. The molecular weight excluding hydrogens is 346 g/mol. The molecule has 0 amide bonds. The van der Waals surface area contributed by atoms with E-state index in [-0.39, 0.29) is 11.5 Å². The first kappa shape index (κ1) is 18.9. The van der Waals surface area contributed by atoms with Crippen LogP contribution >= 0.6 is 11.6 Å². The van der Waals surface area contributed by atoms with Crippen LogP contribution in [0.25, 0.3) is 0 Å². The smallest absolute Gasteiger partial charge is 0.243 e. The fraction of sp³-hybridized carbons (Fsp3) is 0.333. The fourth-order valence-corrected chi connectivity index (χ4v) is 4.19. The highest BCUT2D eigenvalue weighted by molar-refractivity contribution is 7.89. The van der Waals surface area contributed by atoms with E-state index in [2.05, 4.69) is 0 Å². The van der Waals surface area contributed by atoms with Gasteiger partial charge in [-0.15, -0.1) is 0 Å². The van der Waals surface area contributed by atoms with Crippen LogP contribution in [0.4, 0.5) is 0 Å². The monoisotopic (exact) mass is 367 g/mol. The zero-order valence-electron chi connectivity index (χ0n) is 13.4. The average Bonchev–Trinajstić information content (AvgIpc) is 2.58. The lowest BCUT2D eigenvalue weighted by Gasteiger charge is -2.22. The number of benzene rings is 2. The predicted molar refractivity (Wildman–Crippen MR) is 96.4 cm³/mol. The Morgan fingerprint density at radius 3 is 2.38 bits per heavy atom. The zero-order chi connectivity index (χ0) is 17.4. The van der Waals surface area contributed by atoms with E-state index in [0.29, 0.717) is 31.0 Å². The number of aliphatic hydroxyl groups is 1. The lowest BCUT2D eigenvalue weighted by Crippen LogP contribution is -2.31. The summed E-state index contributed by atoms with van der Waals surface area (Å²) in [4.78, 5) is 0.202. The summed E-state index contributed by atoms with van der Waals surface area (Å²) in [5.74, 6) is 0. The van der Waals surface area contributed by atoms with Crippen LogP contribution in [0.2, 0.25) is 5.02 Å². The van der Waals surface area contributed by atoms with Gasteiger partial charge in [-0.3, -0.25) is 0 Å².